The van der Waals surface area contributed by atoms with Crippen LogP contribution in [0, 0.1) is 11.6 Å². The Morgan fingerprint density at radius 2 is 1.79 bits per heavy atom. The molecule has 0 spiro atoms. The van der Waals surface area contributed by atoms with Crippen LogP contribution >= 0.6 is 0 Å². The summed E-state index contributed by atoms with van der Waals surface area (Å²) >= 11 is 0. The van der Waals surface area contributed by atoms with Crippen molar-refractivity contribution in [1.82, 2.24) is 19.1 Å². The van der Waals surface area contributed by atoms with Crippen molar-refractivity contribution in [2.45, 2.75) is 18.9 Å². The fourth-order valence-corrected chi connectivity index (χ4v) is 3.13. The van der Waals surface area contributed by atoms with Crippen LogP contribution in [0.3, 0.4) is 0 Å². The van der Waals surface area contributed by atoms with Gasteiger partial charge in [-0.1, -0.05) is 0 Å². The number of benzene rings is 2. The summed E-state index contributed by atoms with van der Waals surface area (Å²) in [5, 5.41) is 0. The second-order valence-electron chi connectivity index (χ2n) is 6.13. The number of imidazole rings is 2. The summed E-state index contributed by atoms with van der Waals surface area (Å²) in [6.45, 7) is 0. The number of hydrogen-bond acceptors (Lipinski definition) is 3. The van der Waals surface area contributed by atoms with Crippen LogP contribution in [0.1, 0.15) is 18.9 Å². The molecule has 0 unspecified atom stereocenters. The van der Waals surface area contributed by atoms with E-state index in [-0.39, 0.29) is 6.04 Å². The van der Waals surface area contributed by atoms with Gasteiger partial charge >= 0.3 is 0 Å². The molecule has 5 rings (SSSR count). The van der Waals surface area contributed by atoms with Gasteiger partial charge in [0.1, 0.15) is 6.33 Å². The maximum Gasteiger partial charge on any atom is 0.216 e. The molecule has 1 fully saturated rings. The Morgan fingerprint density at radius 1 is 1.00 bits per heavy atom. The highest BCUT2D eigenvalue weighted by Gasteiger charge is 2.30. The Morgan fingerprint density at radius 3 is 2.58 bits per heavy atom. The average Bonchev–Trinajstić information content (AvgIpc) is 3.21. The Bertz CT molecular complexity index is 1110. The molecule has 24 heavy (non-hydrogen) atoms. The summed E-state index contributed by atoms with van der Waals surface area (Å²) in [4.78, 5) is 8.90. The number of nitrogen functional groups attached to an aromatic ring is 1. The number of nitrogens with zero attached hydrogens (tertiary/aromatic N) is 4. The van der Waals surface area contributed by atoms with Gasteiger partial charge in [-0.2, -0.15) is 0 Å². The van der Waals surface area contributed by atoms with Crippen molar-refractivity contribution in [3.63, 3.8) is 0 Å². The van der Waals surface area contributed by atoms with Crippen LogP contribution < -0.4 is 5.73 Å². The number of rotatable bonds is 2. The first-order chi connectivity index (χ1) is 11.6. The second-order valence-corrected chi connectivity index (χ2v) is 6.13. The van der Waals surface area contributed by atoms with Gasteiger partial charge in [-0.25, -0.2) is 18.7 Å². The molecule has 0 atom stereocenters. The van der Waals surface area contributed by atoms with Crippen LogP contribution in [0.15, 0.2) is 36.7 Å². The van der Waals surface area contributed by atoms with E-state index in [0.717, 1.165) is 29.9 Å². The second kappa shape index (κ2) is 4.53. The van der Waals surface area contributed by atoms with E-state index in [1.807, 2.05) is 15.2 Å². The first-order valence-corrected chi connectivity index (χ1v) is 7.72. The van der Waals surface area contributed by atoms with Crippen LogP contribution in [0.2, 0.25) is 0 Å². The molecule has 4 aromatic rings. The van der Waals surface area contributed by atoms with Gasteiger partial charge in [0.2, 0.25) is 5.95 Å². The number of aromatic nitrogens is 4. The van der Waals surface area contributed by atoms with E-state index < -0.39 is 11.6 Å². The molecule has 0 bridgehead atoms. The molecule has 2 N–H and O–H groups in total. The lowest BCUT2D eigenvalue weighted by Gasteiger charge is -2.09. The van der Waals surface area contributed by atoms with Crippen LogP contribution in [0.5, 0.6) is 0 Å². The first-order valence-electron chi connectivity index (χ1n) is 7.72. The molecule has 1 aliphatic rings. The van der Waals surface area contributed by atoms with Crippen LogP contribution in [-0.2, 0) is 0 Å². The van der Waals surface area contributed by atoms with Gasteiger partial charge < -0.3 is 10.3 Å². The smallest absolute Gasteiger partial charge is 0.216 e. The molecular weight excluding hydrogens is 312 g/mol. The van der Waals surface area contributed by atoms with E-state index in [2.05, 4.69) is 9.97 Å². The zero-order valence-corrected chi connectivity index (χ0v) is 12.6. The number of nitrogens with two attached hydrogens (primary N) is 1. The molecule has 0 saturated heterocycles. The third-order valence-electron chi connectivity index (χ3n) is 4.41. The zero-order valence-electron chi connectivity index (χ0n) is 12.6. The maximum absolute atomic E-state index is 13.7. The van der Waals surface area contributed by atoms with Gasteiger partial charge in [0.05, 0.1) is 22.1 Å². The lowest BCUT2D eigenvalue weighted by molar-refractivity contribution is 0.510. The van der Waals surface area contributed by atoms with Crippen molar-refractivity contribution >= 4 is 27.8 Å². The van der Waals surface area contributed by atoms with E-state index in [1.54, 1.807) is 18.5 Å². The van der Waals surface area contributed by atoms with Crippen molar-refractivity contribution in [3.8, 4) is 5.95 Å². The highest BCUT2D eigenvalue weighted by Crippen LogP contribution is 2.40. The molecule has 1 aliphatic carbocycles. The molecule has 2 aromatic heterocycles. The van der Waals surface area contributed by atoms with Crippen molar-refractivity contribution in [2.24, 2.45) is 0 Å². The third kappa shape index (κ3) is 1.84. The normalized spacial score (nSPS) is 14.8. The third-order valence-corrected chi connectivity index (χ3v) is 4.41. The summed E-state index contributed by atoms with van der Waals surface area (Å²) in [5.41, 5.74) is 9.07. The van der Waals surface area contributed by atoms with Crippen molar-refractivity contribution in [3.05, 3.63) is 48.3 Å². The molecule has 0 amide bonds. The van der Waals surface area contributed by atoms with E-state index >= 15 is 0 Å². The topological polar surface area (TPSA) is 61.7 Å². The van der Waals surface area contributed by atoms with Gasteiger partial charge in [0.15, 0.2) is 11.6 Å². The standard InChI is InChI=1S/C17H13F2N5/c18-11-6-14-16(7-12(11)19)24(10-2-3-10)17(22-14)23-8-21-13-5-9(20)1-4-15(13)23/h1,4-8,10H,2-3,20H2. The van der Waals surface area contributed by atoms with Crippen LogP contribution in [-0.4, -0.2) is 19.1 Å². The Labute approximate surface area is 135 Å². The molecule has 1 saturated carbocycles. The van der Waals surface area contributed by atoms with Crippen LogP contribution in [0.4, 0.5) is 14.5 Å². The number of hydrogen-bond donors (Lipinski definition) is 1. The minimum absolute atomic E-state index is 0.251. The molecule has 7 heteroatoms. The lowest BCUT2D eigenvalue weighted by atomic mass is 10.3. The van der Waals surface area contributed by atoms with E-state index in [1.165, 1.54) is 6.07 Å². The Balaban J connectivity index is 1.83. The molecule has 0 aliphatic heterocycles. The molecule has 0 radical (unpaired) electrons. The Kier molecular flexibility index (Phi) is 2.54. The van der Waals surface area contributed by atoms with Crippen molar-refractivity contribution in [2.75, 3.05) is 5.73 Å². The number of anilines is 1. The van der Waals surface area contributed by atoms with E-state index in [0.29, 0.717) is 22.7 Å². The average molecular weight is 325 g/mol. The van der Waals surface area contributed by atoms with Gasteiger partial charge in [-0.15, -0.1) is 0 Å². The summed E-state index contributed by atoms with van der Waals surface area (Å²) in [7, 11) is 0. The van der Waals surface area contributed by atoms with Gasteiger partial charge in [0, 0.05) is 23.9 Å². The van der Waals surface area contributed by atoms with Gasteiger partial charge in [-0.05, 0) is 31.0 Å². The summed E-state index contributed by atoms with van der Waals surface area (Å²) in [6.07, 6.45) is 3.66. The van der Waals surface area contributed by atoms with E-state index in [9.17, 15) is 8.78 Å². The monoisotopic (exact) mass is 325 g/mol. The largest absolute Gasteiger partial charge is 0.399 e. The highest BCUT2D eigenvalue weighted by molar-refractivity contribution is 5.82. The molecule has 5 nitrogen and oxygen atoms in total. The predicted octanol–water partition coefficient (Wildman–Crippen LogP) is 3.57. The SMILES string of the molecule is Nc1ccc2c(c1)ncn2-c1nc2cc(F)c(F)cc2n1C1CC1. The maximum atomic E-state index is 13.7. The summed E-state index contributed by atoms with van der Waals surface area (Å²) < 4.78 is 31.1. The minimum Gasteiger partial charge on any atom is -0.399 e. The molecule has 2 heterocycles. The minimum atomic E-state index is -0.891. The first kappa shape index (κ1) is 13.5. The molecular formula is C17H13F2N5. The fourth-order valence-electron chi connectivity index (χ4n) is 3.13. The Hall–Kier alpha value is -2.96. The van der Waals surface area contributed by atoms with Crippen LogP contribution in [0.25, 0.3) is 28.0 Å². The van der Waals surface area contributed by atoms with Gasteiger partial charge in [-0.3, -0.25) is 4.57 Å². The predicted molar refractivity (Wildman–Crippen MR) is 87.0 cm³/mol. The number of halogens is 2. The highest BCUT2D eigenvalue weighted by atomic mass is 19.2. The number of fused-ring (bicyclic) bond motifs is 2. The van der Waals surface area contributed by atoms with Crippen molar-refractivity contribution < 1.29 is 8.78 Å². The van der Waals surface area contributed by atoms with E-state index in [4.69, 9.17) is 5.73 Å². The molecule has 120 valence electrons. The quantitative estimate of drug-likeness (QED) is 0.573. The molecule has 2 aromatic carbocycles. The fraction of sp³-hybridized carbons (Fsp3) is 0.176. The zero-order chi connectivity index (χ0) is 16.4. The van der Waals surface area contributed by atoms with Gasteiger partial charge in [0.25, 0.3) is 0 Å². The summed E-state index contributed by atoms with van der Waals surface area (Å²) in [5.74, 6) is -1.14. The van der Waals surface area contributed by atoms with Crippen molar-refractivity contribution in [1.29, 1.82) is 0 Å². The lowest BCUT2D eigenvalue weighted by Crippen LogP contribution is -2.05. The summed E-state index contributed by atoms with van der Waals surface area (Å²) in [6, 6.07) is 8.07.